The Bertz CT molecular complexity index is 427. The van der Waals surface area contributed by atoms with Crippen LogP contribution in [0, 0.1) is 5.41 Å². The van der Waals surface area contributed by atoms with Crippen molar-refractivity contribution in [1.29, 1.82) is 0 Å². The fourth-order valence-electron chi connectivity index (χ4n) is 3.86. The number of halogens is 1. The normalized spacial score (nSPS) is 24.7. The van der Waals surface area contributed by atoms with Crippen LogP contribution >= 0.6 is 15.9 Å². The molecule has 1 nitrogen and oxygen atoms in total. The van der Waals surface area contributed by atoms with Crippen LogP contribution < -0.4 is 0 Å². The molecular formula is C17H24BrN. The van der Waals surface area contributed by atoms with E-state index in [1.807, 2.05) is 0 Å². The van der Waals surface area contributed by atoms with Crippen LogP contribution in [0.25, 0.3) is 0 Å². The lowest BCUT2D eigenvalue weighted by Crippen LogP contribution is -2.56. The van der Waals surface area contributed by atoms with E-state index in [2.05, 4.69) is 52.0 Å². The van der Waals surface area contributed by atoms with Crippen molar-refractivity contribution in [3.63, 3.8) is 0 Å². The van der Waals surface area contributed by atoms with Gasteiger partial charge in [0.2, 0.25) is 0 Å². The summed E-state index contributed by atoms with van der Waals surface area (Å²) in [4.78, 5) is 2.66. The minimum atomic E-state index is 0.561. The first-order chi connectivity index (χ1) is 9.19. The summed E-state index contributed by atoms with van der Waals surface area (Å²) in [5.74, 6) is 0. The van der Waals surface area contributed by atoms with Crippen LogP contribution in [0.1, 0.15) is 57.1 Å². The second kappa shape index (κ2) is 5.57. The monoisotopic (exact) mass is 321 g/mol. The van der Waals surface area contributed by atoms with Crippen molar-refractivity contribution in [2.24, 2.45) is 5.41 Å². The summed E-state index contributed by atoms with van der Waals surface area (Å²) in [6, 6.07) is 9.35. The van der Waals surface area contributed by atoms with Gasteiger partial charge in [0.1, 0.15) is 0 Å². The highest BCUT2D eigenvalue weighted by molar-refractivity contribution is 9.10. The molecule has 1 saturated heterocycles. The summed E-state index contributed by atoms with van der Waals surface area (Å²) in [7, 11) is 0. The topological polar surface area (TPSA) is 3.24 Å². The summed E-state index contributed by atoms with van der Waals surface area (Å²) < 4.78 is 1.20. The molecule has 104 valence electrons. The molecular weight excluding hydrogens is 298 g/mol. The molecule has 1 aromatic rings. The molecule has 3 rings (SSSR count). The third kappa shape index (κ3) is 2.90. The molecule has 0 aromatic heterocycles. The maximum atomic E-state index is 3.58. The Kier molecular flexibility index (Phi) is 4.00. The van der Waals surface area contributed by atoms with Crippen molar-refractivity contribution in [3.05, 3.63) is 34.3 Å². The summed E-state index contributed by atoms with van der Waals surface area (Å²) in [5.41, 5.74) is 2.12. The molecule has 1 aliphatic heterocycles. The molecule has 19 heavy (non-hydrogen) atoms. The van der Waals surface area contributed by atoms with Gasteiger partial charge in [-0.15, -0.1) is 0 Å². The van der Waals surface area contributed by atoms with Gasteiger partial charge in [-0.2, -0.15) is 0 Å². The molecule has 1 saturated carbocycles. The van der Waals surface area contributed by atoms with Crippen LogP contribution in [0.2, 0.25) is 0 Å². The van der Waals surface area contributed by atoms with E-state index in [0.717, 1.165) is 0 Å². The van der Waals surface area contributed by atoms with Gasteiger partial charge in [-0.25, -0.2) is 0 Å². The molecule has 2 aliphatic rings. The van der Waals surface area contributed by atoms with E-state index in [1.165, 1.54) is 61.7 Å². The number of hydrogen-bond donors (Lipinski definition) is 0. The van der Waals surface area contributed by atoms with Crippen molar-refractivity contribution >= 4 is 15.9 Å². The lowest BCUT2D eigenvalue weighted by atomic mass is 9.72. The van der Waals surface area contributed by atoms with Crippen LogP contribution in [0.3, 0.4) is 0 Å². The van der Waals surface area contributed by atoms with E-state index in [1.54, 1.807) is 0 Å². The molecule has 1 heterocycles. The summed E-state index contributed by atoms with van der Waals surface area (Å²) in [6.45, 7) is 4.99. The van der Waals surface area contributed by atoms with E-state index < -0.39 is 0 Å². The van der Waals surface area contributed by atoms with Crippen molar-refractivity contribution in [2.45, 2.75) is 51.5 Å². The van der Waals surface area contributed by atoms with Gasteiger partial charge in [-0.1, -0.05) is 53.7 Å². The van der Waals surface area contributed by atoms with E-state index in [9.17, 15) is 0 Å². The fourth-order valence-corrected chi connectivity index (χ4v) is 4.28. The van der Waals surface area contributed by atoms with E-state index in [4.69, 9.17) is 0 Å². The van der Waals surface area contributed by atoms with Gasteiger partial charge in [0.25, 0.3) is 0 Å². The molecule has 1 aromatic carbocycles. The van der Waals surface area contributed by atoms with Crippen molar-refractivity contribution in [3.8, 4) is 0 Å². The third-order valence-electron chi connectivity index (χ3n) is 5.12. The Hall–Kier alpha value is -0.340. The first kappa shape index (κ1) is 13.6. The van der Waals surface area contributed by atoms with Crippen LogP contribution in [0.5, 0.6) is 0 Å². The number of hydrogen-bond acceptors (Lipinski definition) is 1. The molecule has 2 fully saturated rings. The van der Waals surface area contributed by atoms with Gasteiger partial charge in [0, 0.05) is 23.6 Å². The molecule has 1 spiro atoms. The van der Waals surface area contributed by atoms with E-state index in [-0.39, 0.29) is 0 Å². The predicted octanol–water partition coefficient (Wildman–Crippen LogP) is 5.17. The highest BCUT2D eigenvalue weighted by atomic mass is 79.9. The Morgan fingerprint density at radius 3 is 2.42 bits per heavy atom. The van der Waals surface area contributed by atoms with E-state index in [0.29, 0.717) is 11.5 Å². The third-order valence-corrected chi connectivity index (χ3v) is 5.61. The molecule has 0 N–H and O–H groups in total. The van der Waals surface area contributed by atoms with Crippen LogP contribution in [-0.4, -0.2) is 18.0 Å². The van der Waals surface area contributed by atoms with Crippen LogP contribution in [0.15, 0.2) is 28.7 Å². The molecule has 1 aliphatic carbocycles. The fraction of sp³-hybridized carbons (Fsp3) is 0.647. The second-order valence-electron chi connectivity index (χ2n) is 6.55. The number of benzene rings is 1. The first-order valence-corrected chi connectivity index (χ1v) is 8.47. The Labute approximate surface area is 125 Å². The lowest BCUT2D eigenvalue weighted by molar-refractivity contribution is -0.0380. The smallest absolute Gasteiger partial charge is 0.0320 e. The zero-order valence-corrected chi connectivity index (χ0v) is 13.5. The summed E-state index contributed by atoms with van der Waals surface area (Å²) in [5, 5.41) is 0. The maximum Gasteiger partial charge on any atom is 0.0320 e. The molecule has 0 amide bonds. The van der Waals surface area contributed by atoms with Crippen molar-refractivity contribution < 1.29 is 0 Å². The molecule has 1 unspecified atom stereocenters. The van der Waals surface area contributed by atoms with Crippen LogP contribution in [0.4, 0.5) is 0 Å². The lowest BCUT2D eigenvalue weighted by Gasteiger charge is -2.53. The predicted molar refractivity (Wildman–Crippen MR) is 84.3 cm³/mol. The Morgan fingerprint density at radius 1 is 1.11 bits per heavy atom. The van der Waals surface area contributed by atoms with Gasteiger partial charge in [-0.3, -0.25) is 4.90 Å². The minimum Gasteiger partial charge on any atom is -0.295 e. The number of nitrogens with zero attached hydrogens (tertiary/aromatic N) is 1. The SMILES string of the molecule is CC(c1cccc(Br)c1)N1CC2(CCCCCC2)C1. The number of rotatable bonds is 2. The zero-order valence-electron chi connectivity index (χ0n) is 11.9. The molecule has 0 radical (unpaired) electrons. The van der Waals surface area contributed by atoms with E-state index >= 15 is 0 Å². The summed E-state index contributed by atoms with van der Waals surface area (Å²) >= 11 is 3.58. The van der Waals surface area contributed by atoms with Crippen molar-refractivity contribution in [2.75, 3.05) is 13.1 Å². The van der Waals surface area contributed by atoms with Gasteiger partial charge >= 0.3 is 0 Å². The van der Waals surface area contributed by atoms with Gasteiger partial charge < -0.3 is 0 Å². The number of likely N-dealkylation sites (tertiary alicyclic amines) is 1. The average Bonchev–Trinajstić information content (AvgIpc) is 2.62. The highest BCUT2D eigenvalue weighted by Crippen LogP contribution is 2.45. The quantitative estimate of drug-likeness (QED) is 0.726. The zero-order chi connectivity index (χ0) is 13.3. The first-order valence-electron chi connectivity index (χ1n) is 7.68. The molecule has 1 atom stereocenters. The maximum absolute atomic E-state index is 3.58. The average molecular weight is 322 g/mol. The second-order valence-corrected chi connectivity index (χ2v) is 7.47. The highest BCUT2D eigenvalue weighted by Gasteiger charge is 2.44. The Balaban J connectivity index is 1.63. The van der Waals surface area contributed by atoms with Gasteiger partial charge in [-0.05, 0) is 42.9 Å². The van der Waals surface area contributed by atoms with Crippen molar-refractivity contribution in [1.82, 2.24) is 4.90 Å². The van der Waals surface area contributed by atoms with Crippen LogP contribution in [-0.2, 0) is 0 Å². The summed E-state index contributed by atoms with van der Waals surface area (Å²) in [6.07, 6.45) is 8.77. The molecule has 2 heteroatoms. The largest absolute Gasteiger partial charge is 0.295 e. The minimum absolute atomic E-state index is 0.561. The Morgan fingerprint density at radius 2 is 1.79 bits per heavy atom. The molecule has 0 bridgehead atoms. The van der Waals surface area contributed by atoms with Gasteiger partial charge in [0.15, 0.2) is 0 Å². The van der Waals surface area contributed by atoms with Gasteiger partial charge in [0.05, 0.1) is 0 Å². The standard InChI is InChI=1S/C17H24BrN/c1-14(15-7-6-8-16(18)11-15)19-12-17(13-19)9-4-2-3-5-10-17/h6-8,11,14H,2-5,9-10,12-13H2,1H3.